The Bertz CT molecular complexity index is 460. The molecule has 0 bridgehead atoms. The number of aliphatic imine (C=N–C) groups is 1. The summed E-state index contributed by atoms with van der Waals surface area (Å²) in [7, 11) is 0. The number of thiophene rings is 2. The molecule has 0 atom stereocenters. The van der Waals surface area contributed by atoms with Gasteiger partial charge in [-0.25, -0.2) is 4.99 Å². The highest BCUT2D eigenvalue weighted by Crippen LogP contribution is 2.07. The second-order valence-electron chi connectivity index (χ2n) is 3.81. The lowest BCUT2D eigenvalue weighted by Crippen LogP contribution is -2.36. The van der Waals surface area contributed by atoms with Crippen LogP contribution in [0.3, 0.4) is 0 Å². The van der Waals surface area contributed by atoms with Crippen molar-refractivity contribution in [3.05, 3.63) is 44.8 Å². The van der Waals surface area contributed by atoms with Crippen LogP contribution in [0.5, 0.6) is 0 Å². The molecule has 0 saturated heterocycles. The van der Waals surface area contributed by atoms with Gasteiger partial charge in [0.15, 0.2) is 5.96 Å². The number of hydrogen-bond donors (Lipinski definition) is 2. The third kappa shape index (κ3) is 4.16. The minimum atomic E-state index is 0.725. The van der Waals surface area contributed by atoms with Crippen LogP contribution in [0.25, 0.3) is 0 Å². The first-order valence-electron chi connectivity index (χ1n) is 5.93. The lowest BCUT2D eigenvalue weighted by atomic mass is 10.3. The van der Waals surface area contributed by atoms with Crippen molar-refractivity contribution >= 4 is 28.6 Å². The van der Waals surface area contributed by atoms with Crippen LogP contribution >= 0.6 is 22.7 Å². The molecule has 3 nitrogen and oxygen atoms in total. The summed E-state index contributed by atoms with van der Waals surface area (Å²) in [6, 6.07) is 4.23. The molecule has 0 aliphatic heterocycles. The predicted molar refractivity (Wildman–Crippen MR) is 80.3 cm³/mol. The second kappa shape index (κ2) is 7.18. The number of nitrogens with one attached hydrogen (secondary N) is 2. The van der Waals surface area contributed by atoms with E-state index in [4.69, 9.17) is 0 Å². The molecule has 0 spiro atoms. The molecule has 2 aromatic rings. The molecule has 2 rings (SSSR count). The number of rotatable bonds is 5. The van der Waals surface area contributed by atoms with E-state index in [0.29, 0.717) is 0 Å². The number of hydrogen-bond acceptors (Lipinski definition) is 3. The minimum Gasteiger partial charge on any atom is -0.357 e. The van der Waals surface area contributed by atoms with Crippen molar-refractivity contribution in [1.82, 2.24) is 10.6 Å². The van der Waals surface area contributed by atoms with Crippen molar-refractivity contribution in [3.63, 3.8) is 0 Å². The first-order valence-corrected chi connectivity index (χ1v) is 7.81. The van der Waals surface area contributed by atoms with E-state index in [0.717, 1.165) is 25.6 Å². The average Bonchev–Trinajstić information content (AvgIpc) is 3.05. The maximum absolute atomic E-state index is 4.56. The zero-order valence-corrected chi connectivity index (χ0v) is 12.0. The molecule has 0 aliphatic carbocycles. The molecule has 0 aliphatic rings. The summed E-state index contributed by atoms with van der Waals surface area (Å²) in [6.07, 6.45) is 0. The fourth-order valence-electron chi connectivity index (χ4n) is 1.47. The maximum Gasteiger partial charge on any atom is 0.191 e. The fraction of sp³-hybridized carbons (Fsp3) is 0.308. The molecule has 2 aromatic heterocycles. The standard InChI is InChI=1S/C13H17N3S2/c1-2-14-13(15-7-11-3-5-17-9-11)16-8-12-4-6-18-10-12/h3-6,9-10H,2,7-8H2,1H3,(H2,14,15,16). The fourth-order valence-corrected chi connectivity index (χ4v) is 2.80. The lowest BCUT2D eigenvalue weighted by Gasteiger charge is -2.10. The van der Waals surface area contributed by atoms with Gasteiger partial charge >= 0.3 is 0 Å². The van der Waals surface area contributed by atoms with Gasteiger partial charge in [0.05, 0.1) is 6.54 Å². The zero-order valence-electron chi connectivity index (χ0n) is 10.3. The summed E-state index contributed by atoms with van der Waals surface area (Å²) in [4.78, 5) is 4.56. The van der Waals surface area contributed by atoms with Crippen molar-refractivity contribution in [2.45, 2.75) is 20.0 Å². The number of nitrogens with zero attached hydrogens (tertiary/aromatic N) is 1. The Hall–Kier alpha value is -1.33. The highest BCUT2D eigenvalue weighted by molar-refractivity contribution is 7.08. The Morgan fingerprint density at radius 3 is 2.44 bits per heavy atom. The van der Waals surface area contributed by atoms with Crippen LogP contribution in [-0.2, 0) is 13.1 Å². The molecule has 0 amide bonds. The Morgan fingerprint density at radius 1 is 1.11 bits per heavy atom. The van der Waals surface area contributed by atoms with Crippen LogP contribution in [0.2, 0.25) is 0 Å². The van der Waals surface area contributed by atoms with Crippen molar-refractivity contribution in [2.75, 3.05) is 6.54 Å². The smallest absolute Gasteiger partial charge is 0.191 e. The SMILES string of the molecule is CCNC(=NCc1ccsc1)NCc1ccsc1. The van der Waals surface area contributed by atoms with Crippen LogP contribution < -0.4 is 10.6 Å². The van der Waals surface area contributed by atoms with Crippen LogP contribution in [-0.4, -0.2) is 12.5 Å². The van der Waals surface area contributed by atoms with E-state index >= 15 is 0 Å². The molecule has 0 aromatic carbocycles. The molecular formula is C13H17N3S2. The summed E-state index contributed by atoms with van der Waals surface area (Å²) in [5.74, 6) is 0.870. The van der Waals surface area contributed by atoms with E-state index in [-0.39, 0.29) is 0 Å². The Kier molecular flexibility index (Phi) is 5.23. The van der Waals surface area contributed by atoms with Gasteiger partial charge in [0.2, 0.25) is 0 Å². The average molecular weight is 279 g/mol. The highest BCUT2D eigenvalue weighted by Gasteiger charge is 1.98. The van der Waals surface area contributed by atoms with E-state index in [9.17, 15) is 0 Å². The summed E-state index contributed by atoms with van der Waals surface area (Å²) in [6.45, 7) is 4.49. The van der Waals surface area contributed by atoms with Crippen molar-refractivity contribution in [3.8, 4) is 0 Å². The van der Waals surface area contributed by atoms with Gasteiger partial charge < -0.3 is 10.6 Å². The Morgan fingerprint density at radius 2 is 1.83 bits per heavy atom. The van der Waals surface area contributed by atoms with Crippen LogP contribution in [0.1, 0.15) is 18.1 Å². The first-order chi connectivity index (χ1) is 8.88. The van der Waals surface area contributed by atoms with Crippen molar-refractivity contribution in [1.29, 1.82) is 0 Å². The second-order valence-corrected chi connectivity index (χ2v) is 5.37. The summed E-state index contributed by atoms with van der Waals surface area (Å²) in [5, 5.41) is 15.0. The van der Waals surface area contributed by atoms with Gasteiger partial charge in [-0.05, 0) is 51.7 Å². The van der Waals surface area contributed by atoms with E-state index in [2.05, 4.69) is 56.2 Å². The number of guanidine groups is 1. The van der Waals surface area contributed by atoms with Crippen LogP contribution in [0.4, 0.5) is 0 Å². The topological polar surface area (TPSA) is 36.4 Å². The van der Waals surface area contributed by atoms with Gasteiger partial charge in [-0.2, -0.15) is 22.7 Å². The zero-order chi connectivity index (χ0) is 12.6. The minimum absolute atomic E-state index is 0.725. The third-order valence-electron chi connectivity index (χ3n) is 2.38. The summed E-state index contributed by atoms with van der Waals surface area (Å²) >= 11 is 3.42. The predicted octanol–water partition coefficient (Wildman–Crippen LogP) is 3.06. The largest absolute Gasteiger partial charge is 0.357 e. The summed E-state index contributed by atoms with van der Waals surface area (Å²) < 4.78 is 0. The molecule has 2 heterocycles. The molecular weight excluding hydrogens is 262 g/mol. The van der Waals surface area contributed by atoms with Gasteiger partial charge in [-0.1, -0.05) is 0 Å². The molecule has 0 radical (unpaired) electrons. The normalized spacial score (nSPS) is 11.5. The maximum atomic E-state index is 4.56. The molecule has 18 heavy (non-hydrogen) atoms. The van der Waals surface area contributed by atoms with Crippen molar-refractivity contribution in [2.24, 2.45) is 4.99 Å². The van der Waals surface area contributed by atoms with Crippen LogP contribution in [0.15, 0.2) is 38.6 Å². The molecule has 96 valence electrons. The molecule has 0 fully saturated rings. The lowest BCUT2D eigenvalue weighted by molar-refractivity contribution is 0.818. The van der Waals surface area contributed by atoms with Gasteiger partial charge in [0, 0.05) is 13.1 Å². The van der Waals surface area contributed by atoms with Gasteiger partial charge in [-0.15, -0.1) is 0 Å². The quantitative estimate of drug-likeness (QED) is 0.652. The molecule has 2 N–H and O–H groups in total. The van der Waals surface area contributed by atoms with Crippen LogP contribution in [0, 0.1) is 0 Å². The van der Waals surface area contributed by atoms with E-state index in [1.165, 1.54) is 11.1 Å². The van der Waals surface area contributed by atoms with Gasteiger partial charge in [0.25, 0.3) is 0 Å². The van der Waals surface area contributed by atoms with Crippen molar-refractivity contribution < 1.29 is 0 Å². The highest BCUT2D eigenvalue weighted by atomic mass is 32.1. The molecule has 5 heteroatoms. The third-order valence-corrected chi connectivity index (χ3v) is 3.85. The Labute approximate surface area is 116 Å². The first kappa shape index (κ1) is 13.1. The Balaban J connectivity index is 1.88. The monoisotopic (exact) mass is 279 g/mol. The van der Waals surface area contributed by atoms with E-state index < -0.39 is 0 Å². The molecule has 0 unspecified atom stereocenters. The summed E-state index contributed by atoms with van der Waals surface area (Å²) in [5.41, 5.74) is 2.55. The van der Waals surface area contributed by atoms with E-state index in [1.54, 1.807) is 22.7 Å². The van der Waals surface area contributed by atoms with E-state index in [1.807, 2.05) is 0 Å². The van der Waals surface area contributed by atoms with Gasteiger partial charge in [0.1, 0.15) is 0 Å². The van der Waals surface area contributed by atoms with Gasteiger partial charge in [-0.3, -0.25) is 0 Å². The molecule has 0 saturated carbocycles.